The smallest absolute Gasteiger partial charge is 0.404 e. The Morgan fingerprint density at radius 3 is 2.43 bits per heavy atom. The molecule has 0 unspecified atom stereocenters. The molecule has 1 fully saturated rings. The van der Waals surface area contributed by atoms with Crippen LogP contribution >= 0.6 is 0 Å². The van der Waals surface area contributed by atoms with Crippen LogP contribution in [0.1, 0.15) is 37.7 Å². The summed E-state index contributed by atoms with van der Waals surface area (Å²) in [6, 6.07) is 11.2. The van der Waals surface area contributed by atoms with Gasteiger partial charge in [-0.1, -0.05) is 24.3 Å². The van der Waals surface area contributed by atoms with Crippen LogP contribution in [0, 0.1) is 12.7 Å². The van der Waals surface area contributed by atoms with Gasteiger partial charge in [-0.15, -0.1) is 0 Å². The standard InChI is InChI=1S/C30H30F4N6O5S/c1-17-24(31)25(40-46(42,43)16-13-30(32,33)34)20-5-2-3-6-21(20)26(17)45-27-22(7-4-14-36-27)23-12-15-37-29(39-23)38-18-8-10-19(11-9-18)44-28(35)41/h2-7,12,14-15,18-19,40H,8-11,13,16H2,1H3,(H2,35,41)(H,37,38,39). The second-order valence-electron chi connectivity index (χ2n) is 10.8. The van der Waals surface area contributed by atoms with Crippen LogP contribution in [-0.4, -0.2) is 53.5 Å². The van der Waals surface area contributed by atoms with Crippen molar-refractivity contribution in [1.29, 1.82) is 0 Å². The van der Waals surface area contributed by atoms with E-state index in [-0.39, 0.29) is 34.7 Å². The van der Waals surface area contributed by atoms with Gasteiger partial charge in [-0.05, 0) is 50.8 Å². The van der Waals surface area contributed by atoms with Crippen molar-refractivity contribution in [2.45, 2.75) is 57.3 Å². The number of ether oxygens (including phenoxy) is 2. The average Bonchev–Trinajstić information content (AvgIpc) is 3.01. The number of halogens is 4. The van der Waals surface area contributed by atoms with Gasteiger partial charge in [-0.25, -0.2) is 32.6 Å². The minimum Gasteiger partial charge on any atom is -0.446 e. The highest BCUT2D eigenvalue weighted by Gasteiger charge is 2.31. The van der Waals surface area contributed by atoms with Crippen molar-refractivity contribution in [2.75, 3.05) is 15.8 Å². The molecular formula is C30H30F4N6O5S. The van der Waals surface area contributed by atoms with Gasteiger partial charge in [0.15, 0.2) is 5.82 Å². The number of nitrogens with two attached hydrogens (primary N) is 1. The molecule has 11 nitrogen and oxygen atoms in total. The van der Waals surface area contributed by atoms with Gasteiger partial charge in [0, 0.05) is 34.8 Å². The zero-order valence-corrected chi connectivity index (χ0v) is 25.3. The maximum atomic E-state index is 15.8. The summed E-state index contributed by atoms with van der Waals surface area (Å²) in [5, 5.41) is 3.67. The molecule has 2 heterocycles. The Kier molecular flexibility index (Phi) is 9.46. The monoisotopic (exact) mass is 662 g/mol. The van der Waals surface area contributed by atoms with Crippen LogP contribution in [0.15, 0.2) is 54.9 Å². The Morgan fingerprint density at radius 1 is 1.02 bits per heavy atom. The molecule has 16 heteroatoms. The number of primary amides is 1. The summed E-state index contributed by atoms with van der Waals surface area (Å²) >= 11 is 0. The van der Waals surface area contributed by atoms with Crippen LogP contribution < -0.4 is 20.5 Å². The molecular weight excluding hydrogens is 632 g/mol. The molecule has 1 aliphatic rings. The van der Waals surface area contributed by atoms with Crippen molar-refractivity contribution in [3.05, 3.63) is 66.2 Å². The van der Waals surface area contributed by atoms with E-state index in [2.05, 4.69) is 20.3 Å². The number of nitrogens with one attached hydrogen (secondary N) is 2. The molecule has 0 atom stereocenters. The normalized spacial score (nSPS) is 17.0. The fraction of sp³-hybridized carbons (Fsp3) is 0.333. The molecule has 1 amide bonds. The van der Waals surface area contributed by atoms with Crippen LogP contribution in [0.4, 0.5) is 34.0 Å². The molecule has 0 saturated heterocycles. The third-order valence-electron chi connectivity index (χ3n) is 7.43. The minimum atomic E-state index is -4.70. The first kappa shape index (κ1) is 32.7. The average molecular weight is 663 g/mol. The van der Waals surface area contributed by atoms with Crippen LogP contribution in [0.3, 0.4) is 0 Å². The molecule has 46 heavy (non-hydrogen) atoms. The predicted molar refractivity (Wildman–Crippen MR) is 162 cm³/mol. The molecule has 2 aromatic carbocycles. The summed E-state index contributed by atoms with van der Waals surface area (Å²) in [6.45, 7) is 1.36. The number of pyridine rings is 1. The number of carbonyl (C=O) groups is 1. The first-order chi connectivity index (χ1) is 21.8. The number of amides is 1. The molecule has 0 spiro atoms. The van der Waals surface area contributed by atoms with Crippen molar-refractivity contribution < 1.29 is 40.2 Å². The molecule has 244 valence electrons. The number of carbonyl (C=O) groups excluding carboxylic acids is 1. The van der Waals surface area contributed by atoms with Crippen LogP contribution in [-0.2, 0) is 14.8 Å². The Labute approximate surface area is 261 Å². The predicted octanol–water partition coefficient (Wildman–Crippen LogP) is 6.44. The zero-order chi connectivity index (χ0) is 33.1. The number of sulfonamides is 1. The van der Waals surface area contributed by atoms with Gasteiger partial charge >= 0.3 is 12.3 Å². The van der Waals surface area contributed by atoms with Crippen LogP contribution in [0.5, 0.6) is 11.6 Å². The van der Waals surface area contributed by atoms with Gasteiger partial charge in [0.25, 0.3) is 0 Å². The zero-order valence-electron chi connectivity index (χ0n) is 24.5. The fourth-order valence-corrected chi connectivity index (χ4v) is 6.32. The lowest BCUT2D eigenvalue weighted by molar-refractivity contribution is -0.129. The van der Waals surface area contributed by atoms with E-state index in [0.29, 0.717) is 48.3 Å². The highest BCUT2D eigenvalue weighted by Crippen LogP contribution is 2.42. The van der Waals surface area contributed by atoms with Gasteiger partial charge in [-0.2, -0.15) is 13.2 Å². The molecule has 0 aliphatic heterocycles. The van der Waals surface area contributed by atoms with E-state index in [9.17, 15) is 26.4 Å². The number of rotatable bonds is 10. The van der Waals surface area contributed by atoms with Gasteiger partial charge in [0.1, 0.15) is 11.9 Å². The highest BCUT2D eigenvalue weighted by molar-refractivity contribution is 7.92. The van der Waals surface area contributed by atoms with Crippen molar-refractivity contribution >= 4 is 38.5 Å². The molecule has 1 aliphatic carbocycles. The Balaban J connectivity index is 1.42. The Morgan fingerprint density at radius 2 is 1.74 bits per heavy atom. The molecule has 2 aromatic heterocycles. The number of benzene rings is 2. The highest BCUT2D eigenvalue weighted by atomic mass is 32.2. The first-order valence-electron chi connectivity index (χ1n) is 14.3. The molecule has 5 rings (SSSR count). The van der Waals surface area contributed by atoms with E-state index >= 15 is 4.39 Å². The fourth-order valence-electron chi connectivity index (χ4n) is 5.21. The van der Waals surface area contributed by atoms with Gasteiger partial charge in [0.2, 0.25) is 21.9 Å². The number of hydrogen-bond acceptors (Lipinski definition) is 9. The summed E-state index contributed by atoms with van der Waals surface area (Å²) in [4.78, 5) is 24.3. The maximum Gasteiger partial charge on any atom is 0.404 e. The summed E-state index contributed by atoms with van der Waals surface area (Å²) in [5.74, 6) is -1.82. The molecule has 0 bridgehead atoms. The van der Waals surface area contributed by atoms with Gasteiger partial charge in [0.05, 0.1) is 29.1 Å². The number of alkyl halides is 3. The third-order valence-corrected chi connectivity index (χ3v) is 8.69. The van der Waals surface area contributed by atoms with Gasteiger partial charge in [-0.3, -0.25) is 4.72 Å². The number of nitrogens with zero attached hydrogens (tertiary/aromatic N) is 3. The van der Waals surface area contributed by atoms with E-state index in [4.69, 9.17) is 15.2 Å². The minimum absolute atomic E-state index is 0.0358. The van der Waals surface area contributed by atoms with E-state index < -0.39 is 46.0 Å². The summed E-state index contributed by atoms with van der Waals surface area (Å²) in [7, 11) is -4.54. The summed E-state index contributed by atoms with van der Waals surface area (Å²) < 4.78 is 92.1. The lowest BCUT2D eigenvalue weighted by Crippen LogP contribution is -2.32. The molecule has 0 radical (unpaired) electrons. The quantitative estimate of drug-likeness (QED) is 0.162. The van der Waals surface area contributed by atoms with E-state index in [0.717, 1.165) is 0 Å². The maximum absolute atomic E-state index is 15.8. The second-order valence-corrected chi connectivity index (χ2v) is 12.6. The van der Waals surface area contributed by atoms with E-state index in [1.54, 1.807) is 36.5 Å². The SMILES string of the molecule is Cc1c(F)c(NS(=O)(=O)CCC(F)(F)F)c2ccccc2c1Oc1ncccc1-c1ccnc(NC2CCC(OC(N)=O)CC2)n1. The Bertz CT molecular complexity index is 1850. The lowest BCUT2D eigenvalue weighted by atomic mass is 9.93. The van der Waals surface area contributed by atoms with Crippen molar-refractivity contribution in [3.8, 4) is 22.9 Å². The first-order valence-corrected chi connectivity index (χ1v) is 15.9. The molecule has 4 N–H and O–H groups in total. The topological polar surface area (TPSA) is 158 Å². The van der Waals surface area contributed by atoms with Gasteiger partial charge < -0.3 is 20.5 Å². The summed E-state index contributed by atoms with van der Waals surface area (Å²) in [5.41, 5.74) is 5.45. The van der Waals surface area contributed by atoms with E-state index in [1.165, 1.54) is 25.3 Å². The van der Waals surface area contributed by atoms with Crippen molar-refractivity contribution in [3.63, 3.8) is 0 Å². The lowest BCUT2D eigenvalue weighted by Gasteiger charge is -2.28. The number of hydrogen-bond donors (Lipinski definition) is 3. The molecule has 1 saturated carbocycles. The Hall–Kier alpha value is -4.73. The summed E-state index contributed by atoms with van der Waals surface area (Å²) in [6.07, 6.45) is -1.59. The van der Waals surface area contributed by atoms with E-state index in [1.807, 2.05) is 4.72 Å². The van der Waals surface area contributed by atoms with Crippen molar-refractivity contribution in [1.82, 2.24) is 15.0 Å². The van der Waals surface area contributed by atoms with Crippen molar-refractivity contribution in [2.24, 2.45) is 5.73 Å². The largest absolute Gasteiger partial charge is 0.446 e. The third kappa shape index (κ3) is 7.91. The number of aromatic nitrogens is 3. The molecule has 4 aromatic rings. The second kappa shape index (κ2) is 13.3. The number of anilines is 2. The number of fused-ring (bicyclic) bond motifs is 1. The van der Waals surface area contributed by atoms with Crippen LogP contribution in [0.25, 0.3) is 22.0 Å². The van der Waals surface area contributed by atoms with Crippen LogP contribution in [0.2, 0.25) is 0 Å².